The van der Waals surface area contributed by atoms with E-state index in [-0.39, 0.29) is 58.4 Å². The number of benzene rings is 8. The van der Waals surface area contributed by atoms with Crippen molar-refractivity contribution >= 4 is 54.3 Å². The minimum absolute atomic E-state index is 0.00539. The van der Waals surface area contributed by atoms with Crippen LogP contribution >= 0.6 is 0 Å². The van der Waals surface area contributed by atoms with Gasteiger partial charge in [-0.15, -0.1) is 0 Å². The van der Waals surface area contributed by atoms with Crippen molar-refractivity contribution in [3.05, 3.63) is 158 Å². The minimum atomic E-state index is -0.305. The van der Waals surface area contributed by atoms with E-state index in [0.717, 1.165) is 43.4 Å². The molecule has 0 spiro atoms. The molecule has 0 radical (unpaired) electrons. The zero-order valence-electron chi connectivity index (χ0n) is 29.0. The van der Waals surface area contributed by atoms with Crippen LogP contribution in [0.1, 0.15) is 8.22 Å². The fourth-order valence-corrected chi connectivity index (χ4v) is 6.44. The van der Waals surface area contributed by atoms with Gasteiger partial charge in [-0.25, -0.2) is 0 Å². The number of rotatable bonds is 3. The van der Waals surface area contributed by atoms with E-state index < -0.39 is 0 Å². The molecule has 0 aliphatic carbocycles. The normalized spacial score (nSPS) is 13.7. The van der Waals surface area contributed by atoms with E-state index in [0.29, 0.717) is 22.1 Å². The average molecular weight is 553 g/mol. The Bertz CT molecular complexity index is 2780. The first-order chi connectivity index (χ1) is 23.8. The smallest absolute Gasteiger partial charge is 0.136 e. The van der Waals surface area contributed by atoms with Crippen LogP contribution in [0.15, 0.2) is 162 Å². The Morgan fingerprint density at radius 2 is 1.09 bits per heavy atom. The third-order valence-corrected chi connectivity index (χ3v) is 8.35. The molecule has 1 nitrogen and oxygen atoms in total. The number of fused-ring (bicyclic) bond motifs is 6. The van der Waals surface area contributed by atoms with Gasteiger partial charge in [-0.1, -0.05) is 133 Å². The molecule has 43 heavy (non-hydrogen) atoms. The first-order valence-electron chi connectivity index (χ1n) is 17.3. The molecule has 0 unspecified atom stereocenters. The van der Waals surface area contributed by atoms with Crippen LogP contribution in [-0.2, 0) is 0 Å². The number of furan rings is 1. The van der Waals surface area contributed by atoms with Crippen molar-refractivity contribution < 1.29 is 12.6 Å². The molecule has 9 rings (SSSR count). The van der Waals surface area contributed by atoms with Crippen LogP contribution < -0.4 is 0 Å². The largest absolute Gasteiger partial charge is 0.456 e. The summed E-state index contributed by atoms with van der Waals surface area (Å²) in [5.74, 6) is 0. The van der Waals surface area contributed by atoms with Crippen LogP contribution in [0.4, 0.5) is 0 Å². The van der Waals surface area contributed by atoms with Crippen LogP contribution in [0.5, 0.6) is 0 Å². The SMILES string of the molecule is [2H]c1c(-c2ccccc2)c([2H])c2c(oc3c([2H])c([2H])c([2H])c(-c4c5ccccc5c(-c5ccc6ccccc6c5)c5ccccc45)c32)c1[2H]. The van der Waals surface area contributed by atoms with Crippen molar-refractivity contribution in [3.8, 4) is 33.4 Å². The van der Waals surface area contributed by atoms with Crippen molar-refractivity contribution in [2.45, 2.75) is 0 Å². The third kappa shape index (κ3) is 3.72. The summed E-state index contributed by atoms with van der Waals surface area (Å²) in [5.41, 5.74) is 4.10. The first-order valence-corrected chi connectivity index (χ1v) is 14.3. The van der Waals surface area contributed by atoms with Crippen LogP contribution in [-0.4, -0.2) is 0 Å². The molecule has 8 aromatic carbocycles. The highest BCUT2D eigenvalue weighted by molar-refractivity contribution is 6.26. The van der Waals surface area contributed by atoms with Crippen molar-refractivity contribution in [2.24, 2.45) is 0 Å². The van der Waals surface area contributed by atoms with E-state index in [4.69, 9.17) is 9.90 Å². The highest BCUT2D eigenvalue weighted by Crippen LogP contribution is 2.47. The van der Waals surface area contributed by atoms with Crippen molar-refractivity contribution in [1.29, 1.82) is 0 Å². The standard InChI is InChI=1S/C42H26O/c1-2-11-27(12-3-1)30-23-24-38-37(26-30)42-36(19-10-20-39(42)43-38)41-34-17-8-6-15-32(34)40(33-16-7-9-18-35(33)41)31-22-21-28-13-4-5-14-29(28)25-31/h1-26H/i10D,19D,20D,23D,24D,26D. The van der Waals surface area contributed by atoms with Gasteiger partial charge in [-0.05, 0) is 89.9 Å². The number of hydrogen-bond acceptors (Lipinski definition) is 1. The van der Waals surface area contributed by atoms with Gasteiger partial charge < -0.3 is 4.42 Å². The Hall–Kier alpha value is -5.66. The molecule has 0 fully saturated rings. The van der Waals surface area contributed by atoms with Gasteiger partial charge in [0.05, 0.1) is 8.22 Å². The second-order valence-electron chi connectivity index (χ2n) is 10.8. The minimum Gasteiger partial charge on any atom is -0.456 e. The molecule has 0 amide bonds. The van der Waals surface area contributed by atoms with Gasteiger partial charge in [-0.3, -0.25) is 0 Å². The van der Waals surface area contributed by atoms with Gasteiger partial charge in [0, 0.05) is 10.8 Å². The van der Waals surface area contributed by atoms with Crippen LogP contribution in [0.25, 0.3) is 87.6 Å². The lowest BCUT2D eigenvalue weighted by molar-refractivity contribution is 0.669. The van der Waals surface area contributed by atoms with Gasteiger partial charge in [0.25, 0.3) is 0 Å². The van der Waals surface area contributed by atoms with Crippen molar-refractivity contribution in [2.75, 3.05) is 0 Å². The predicted molar refractivity (Wildman–Crippen MR) is 183 cm³/mol. The zero-order valence-corrected chi connectivity index (χ0v) is 23.0. The third-order valence-electron chi connectivity index (χ3n) is 8.35. The predicted octanol–water partition coefficient (Wildman–Crippen LogP) is 12.0. The van der Waals surface area contributed by atoms with Crippen molar-refractivity contribution in [1.82, 2.24) is 0 Å². The summed E-state index contributed by atoms with van der Waals surface area (Å²) >= 11 is 0. The lowest BCUT2D eigenvalue weighted by Crippen LogP contribution is -1.91. The van der Waals surface area contributed by atoms with E-state index in [1.807, 2.05) is 66.7 Å². The van der Waals surface area contributed by atoms with Gasteiger partial charge in [0.2, 0.25) is 0 Å². The Kier molecular flexibility index (Phi) is 4.11. The molecule has 1 heteroatoms. The molecule has 0 bridgehead atoms. The molecule has 0 saturated heterocycles. The maximum atomic E-state index is 9.47. The highest BCUT2D eigenvalue weighted by atomic mass is 16.3. The summed E-state index contributed by atoms with van der Waals surface area (Å²) in [6.07, 6.45) is 0. The van der Waals surface area contributed by atoms with Gasteiger partial charge >= 0.3 is 0 Å². The molecule has 0 saturated carbocycles. The van der Waals surface area contributed by atoms with E-state index >= 15 is 0 Å². The fraction of sp³-hybridized carbons (Fsp3) is 0. The van der Waals surface area contributed by atoms with E-state index in [2.05, 4.69) is 42.5 Å². The lowest BCUT2D eigenvalue weighted by Gasteiger charge is -2.18. The molecular formula is C42H26O. The van der Waals surface area contributed by atoms with Gasteiger partial charge in [0.15, 0.2) is 0 Å². The number of hydrogen-bond donors (Lipinski definition) is 0. The Morgan fingerprint density at radius 1 is 0.442 bits per heavy atom. The van der Waals surface area contributed by atoms with Gasteiger partial charge in [0.1, 0.15) is 11.2 Å². The highest BCUT2D eigenvalue weighted by Gasteiger charge is 2.20. The summed E-state index contributed by atoms with van der Waals surface area (Å²) in [4.78, 5) is 0. The second-order valence-corrected chi connectivity index (χ2v) is 10.8. The molecule has 200 valence electrons. The Morgan fingerprint density at radius 3 is 1.84 bits per heavy atom. The maximum Gasteiger partial charge on any atom is 0.136 e. The topological polar surface area (TPSA) is 13.1 Å². The summed E-state index contributed by atoms with van der Waals surface area (Å²) in [7, 11) is 0. The van der Waals surface area contributed by atoms with Crippen LogP contribution in [0, 0.1) is 0 Å². The molecule has 0 aliphatic heterocycles. The van der Waals surface area contributed by atoms with Crippen LogP contribution in [0.3, 0.4) is 0 Å². The molecule has 1 aromatic heterocycles. The monoisotopic (exact) mass is 552 g/mol. The molecular weight excluding hydrogens is 520 g/mol. The second kappa shape index (κ2) is 9.44. The maximum absolute atomic E-state index is 9.47. The zero-order chi connectivity index (χ0) is 33.6. The Labute approximate surface area is 257 Å². The lowest BCUT2D eigenvalue weighted by atomic mass is 9.84. The van der Waals surface area contributed by atoms with Gasteiger partial charge in [-0.2, -0.15) is 0 Å². The summed E-state index contributed by atoms with van der Waals surface area (Å²) in [5, 5.41) is 6.49. The quantitative estimate of drug-likeness (QED) is 0.199. The summed E-state index contributed by atoms with van der Waals surface area (Å²) in [6, 6.07) is 38.8. The average Bonchev–Trinajstić information content (AvgIpc) is 3.54. The molecule has 0 aliphatic rings. The molecule has 0 atom stereocenters. The molecule has 0 N–H and O–H groups in total. The molecule has 1 heterocycles. The van der Waals surface area contributed by atoms with E-state index in [1.54, 1.807) is 12.1 Å². The summed E-state index contributed by atoms with van der Waals surface area (Å²) in [6.45, 7) is 0. The van der Waals surface area contributed by atoms with Crippen LogP contribution in [0.2, 0.25) is 0 Å². The van der Waals surface area contributed by atoms with E-state index in [1.165, 1.54) is 0 Å². The molecule has 9 aromatic rings. The fourth-order valence-electron chi connectivity index (χ4n) is 6.44. The first kappa shape index (κ1) is 18.7. The Balaban J connectivity index is 1.49. The summed E-state index contributed by atoms with van der Waals surface area (Å²) < 4.78 is 60.8. The van der Waals surface area contributed by atoms with Crippen molar-refractivity contribution in [3.63, 3.8) is 0 Å². The van der Waals surface area contributed by atoms with E-state index in [9.17, 15) is 2.74 Å².